The highest BCUT2D eigenvalue weighted by atomic mass is 31.2. The van der Waals surface area contributed by atoms with E-state index < -0.39 is 26.6 Å². The lowest BCUT2D eigenvalue weighted by molar-refractivity contribution is -0.870. The summed E-state index contributed by atoms with van der Waals surface area (Å²) in [6, 6.07) is -0.908. The number of allylic oxidation sites excluding steroid dienone is 7. The van der Waals surface area contributed by atoms with Crippen LogP contribution in [-0.4, -0.2) is 68.5 Å². The number of nitrogens with zero attached hydrogens (tertiary/aromatic N) is 1. The van der Waals surface area contributed by atoms with Crippen LogP contribution in [0.25, 0.3) is 0 Å². The number of hydrogen-bond acceptors (Lipinski definition) is 6. The molecular formula is C62H119N2O6P. The molecule has 0 aliphatic rings. The van der Waals surface area contributed by atoms with E-state index >= 15 is 0 Å². The zero-order chi connectivity index (χ0) is 52.0. The minimum atomic E-state index is -4.61. The molecule has 0 saturated carbocycles. The number of carbonyl (C=O) groups excluding carboxylic acids is 1. The Labute approximate surface area is 441 Å². The van der Waals surface area contributed by atoms with E-state index in [2.05, 4.69) is 55.6 Å². The molecule has 0 aromatic rings. The van der Waals surface area contributed by atoms with E-state index in [0.717, 1.165) is 44.9 Å². The second kappa shape index (κ2) is 53.3. The van der Waals surface area contributed by atoms with Crippen molar-refractivity contribution in [3.8, 4) is 0 Å². The fourth-order valence-electron chi connectivity index (χ4n) is 8.97. The highest BCUT2D eigenvalue weighted by Crippen LogP contribution is 2.38. The topological polar surface area (TPSA) is 108 Å². The number of likely N-dealkylation sites (N-methyl/N-ethyl adjacent to an activating group) is 1. The molecule has 3 atom stereocenters. The van der Waals surface area contributed by atoms with Crippen molar-refractivity contribution in [3.63, 3.8) is 0 Å². The van der Waals surface area contributed by atoms with E-state index in [0.29, 0.717) is 17.4 Å². The number of phosphoric ester groups is 1. The zero-order valence-corrected chi connectivity index (χ0v) is 48.6. The van der Waals surface area contributed by atoms with Crippen LogP contribution in [0.3, 0.4) is 0 Å². The van der Waals surface area contributed by atoms with Crippen LogP contribution in [0.5, 0.6) is 0 Å². The van der Waals surface area contributed by atoms with Crippen LogP contribution in [0.2, 0.25) is 0 Å². The normalized spacial score (nSPS) is 14.2. The van der Waals surface area contributed by atoms with Crippen molar-refractivity contribution < 1.29 is 32.9 Å². The Morgan fingerprint density at radius 2 is 0.831 bits per heavy atom. The Hall–Kier alpha value is -1.54. The summed E-state index contributed by atoms with van der Waals surface area (Å²) in [7, 11) is 1.25. The Kier molecular flexibility index (Phi) is 52.1. The number of rotatable bonds is 56. The lowest BCUT2D eigenvalue weighted by Crippen LogP contribution is -2.45. The second-order valence-electron chi connectivity index (χ2n) is 22.0. The van der Waals surface area contributed by atoms with Crippen LogP contribution in [0.1, 0.15) is 290 Å². The van der Waals surface area contributed by atoms with Gasteiger partial charge in [-0.2, -0.15) is 0 Å². The summed E-state index contributed by atoms with van der Waals surface area (Å²) in [5.74, 6) is -0.209. The van der Waals surface area contributed by atoms with E-state index in [-0.39, 0.29) is 12.5 Å². The van der Waals surface area contributed by atoms with Crippen LogP contribution >= 0.6 is 7.82 Å². The van der Waals surface area contributed by atoms with E-state index in [1.165, 1.54) is 225 Å². The summed E-state index contributed by atoms with van der Waals surface area (Å²) in [6.45, 7) is 4.66. The molecule has 0 rings (SSSR count). The number of aliphatic hydroxyl groups is 1. The molecule has 2 N–H and O–H groups in total. The van der Waals surface area contributed by atoms with Gasteiger partial charge in [0.2, 0.25) is 5.91 Å². The van der Waals surface area contributed by atoms with Gasteiger partial charge in [-0.25, -0.2) is 0 Å². The summed E-state index contributed by atoms with van der Waals surface area (Å²) in [5, 5.41) is 13.9. The molecular weight excluding hydrogens is 900 g/mol. The number of aliphatic hydroxyl groups excluding tert-OH is 1. The maximum atomic E-state index is 13.0. The molecule has 418 valence electrons. The second-order valence-corrected chi connectivity index (χ2v) is 23.5. The Morgan fingerprint density at radius 1 is 0.493 bits per heavy atom. The van der Waals surface area contributed by atoms with Crippen molar-refractivity contribution in [1.29, 1.82) is 0 Å². The maximum absolute atomic E-state index is 13.0. The monoisotopic (exact) mass is 1020 g/mol. The maximum Gasteiger partial charge on any atom is 0.268 e. The molecule has 71 heavy (non-hydrogen) atoms. The molecule has 0 radical (unpaired) electrons. The molecule has 0 aliphatic carbocycles. The van der Waals surface area contributed by atoms with Gasteiger partial charge >= 0.3 is 0 Å². The van der Waals surface area contributed by atoms with Gasteiger partial charge in [-0.1, -0.05) is 268 Å². The highest BCUT2D eigenvalue weighted by molar-refractivity contribution is 7.45. The van der Waals surface area contributed by atoms with Gasteiger partial charge in [-0.3, -0.25) is 9.36 Å². The van der Waals surface area contributed by atoms with Gasteiger partial charge in [0.1, 0.15) is 13.2 Å². The molecule has 0 fully saturated rings. The SMILES string of the molecule is CCCCCCCCCCC/C=C\C/C=C\CCCCCCCCCCCC(=O)NC(COP(=O)([O-])OCC[N+](C)(C)C)C(O)/C=C/CC/C=C/CCCCCCCCCCCCCCCCCCCC. The van der Waals surface area contributed by atoms with E-state index in [1.54, 1.807) is 6.08 Å². The van der Waals surface area contributed by atoms with Crippen molar-refractivity contribution in [2.75, 3.05) is 40.9 Å². The molecule has 0 bridgehead atoms. The third-order valence-corrected chi connectivity index (χ3v) is 14.7. The quantitative estimate of drug-likeness (QED) is 0.0272. The van der Waals surface area contributed by atoms with Crippen molar-refractivity contribution in [2.45, 2.75) is 302 Å². The fraction of sp³-hybridized carbons (Fsp3) is 0.855. The van der Waals surface area contributed by atoms with Crippen LogP contribution in [0, 0.1) is 0 Å². The van der Waals surface area contributed by atoms with E-state index in [1.807, 2.05) is 27.2 Å². The first-order valence-electron chi connectivity index (χ1n) is 30.5. The molecule has 0 aliphatic heterocycles. The van der Waals surface area contributed by atoms with Gasteiger partial charge in [0.25, 0.3) is 7.82 Å². The summed E-state index contributed by atoms with van der Waals surface area (Å²) < 4.78 is 23.4. The number of quaternary nitrogens is 1. The van der Waals surface area contributed by atoms with Crippen LogP contribution in [0.15, 0.2) is 48.6 Å². The first-order valence-corrected chi connectivity index (χ1v) is 32.0. The Morgan fingerprint density at radius 3 is 1.23 bits per heavy atom. The predicted octanol–water partition coefficient (Wildman–Crippen LogP) is 18.1. The lowest BCUT2D eigenvalue weighted by atomic mass is 10.0. The Bertz CT molecular complexity index is 1290. The van der Waals surface area contributed by atoms with Crippen molar-refractivity contribution in [3.05, 3.63) is 48.6 Å². The van der Waals surface area contributed by atoms with E-state index in [4.69, 9.17) is 9.05 Å². The number of amides is 1. The third-order valence-electron chi connectivity index (χ3n) is 13.8. The number of carbonyl (C=O) groups is 1. The molecule has 8 nitrogen and oxygen atoms in total. The van der Waals surface area contributed by atoms with Crippen LogP contribution in [-0.2, 0) is 18.4 Å². The van der Waals surface area contributed by atoms with Gasteiger partial charge < -0.3 is 28.8 Å². The minimum Gasteiger partial charge on any atom is -0.756 e. The molecule has 9 heteroatoms. The summed E-state index contributed by atoms with van der Waals surface area (Å²) >= 11 is 0. The smallest absolute Gasteiger partial charge is 0.268 e. The van der Waals surface area contributed by atoms with Gasteiger partial charge in [0, 0.05) is 6.42 Å². The Balaban J connectivity index is 4.23. The van der Waals surface area contributed by atoms with Gasteiger partial charge in [0.15, 0.2) is 0 Å². The average molecular weight is 1020 g/mol. The lowest BCUT2D eigenvalue weighted by Gasteiger charge is -2.29. The van der Waals surface area contributed by atoms with Crippen LogP contribution < -0.4 is 10.2 Å². The van der Waals surface area contributed by atoms with Crippen molar-refractivity contribution in [2.24, 2.45) is 0 Å². The molecule has 0 spiro atoms. The first kappa shape index (κ1) is 69.5. The predicted molar refractivity (Wildman–Crippen MR) is 307 cm³/mol. The minimum absolute atomic E-state index is 0.00777. The van der Waals surface area contributed by atoms with Gasteiger partial charge in [0.05, 0.1) is 39.9 Å². The fourth-order valence-corrected chi connectivity index (χ4v) is 9.69. The number of unbranched alkanes of at least 4 members (excludes halogenated alkanes) is 37. The number of phosphoric acid groups is 1. The highest BCUT2D eigenvalue weighted by Gasteiger charge is 2.23. The molecule has 0 saturated heterocycles. The van der Waals surface area contributed by atoms with Crippen molar-refractivity contribution >= 4 is 13.7 Å². The molecule has 0 aromatic heterocycles. The summed E-state index contributed by atoms with van der Waals surface area (Å²) in [4.78, 5) is 25.5. The van der Waals surface area contributed by atoms with E-state index in [9.17, 15) is 19.4 Å². The van der Waals surface area contributed by atoms with Crippen molar-refractivity contribution in [1.82, 2.24) is 5.32 Å². The molecule has 3 unspecified atom stereocenters. The number of hydrogen-bond donors (Lipinski definition) is 2. The van der Waals surface area contributed by atoms with Gasteiger partial charge in [-0.05, 0) is 64.2 Å². The van der Waals surface area contributed by atoms with Crippen LogP contribution in [0.4, 0.5) is 0 Å². The third kappa shape index (κ3) is 56.0. The first-order chi connectivity index (χ1) is 34.5. The zero-order valence-electron chi connectivity index (χ0n) is 47.7. The summed E-state index contributed by atoms with van der Waals surface area (Å²) in [5.41, 5.74) is 0. The largest absolute Gasteiger partial charge is 0.756 e. The average Bonchev–Trinajstić information content (AvgIpc) is 3.33. The standard InChI is InChI=1S/C62H119N2O6P/c1-6-8-10-12-14-16-18-20-22-24-26-28-30-32-34-36-38-40-42-44-46-48-50-52-54-56-62(66)63-60(59-70-71(67,68)69-58-57-64(3,4)5)61(65)55-53-51-49-47-45-43-41-39-37-35-33-31-29-27-25-23-21-19-17-15-13-11-9-7-2/h26,28,32,34,45,47,53,55,60-61,65H,6-25,27,29-31,33,35-44,46,48-52,54,56-59H2,1-5H3,(H-,63,66,67,68)/b28-26-,34-32-,47-45+,55-53+. The molecule has 0 heterocycles. The molecule has 0 aromatic carbocycles. The molecule has 1 amide bonds. The summed E-state index contributed by atoms with van der Waals surface area (Å²) in [6.07, 6.45) is 70.6. The van der Waals surface area contributed by atoms with Gasteiger partial charge in [-0.15, -0.1) is 0 Å². The number of nitrogens with one attached hydrogen (secondary N) is 1.